The minimum atomic E-state index is -0.718. The van der Waals surface area contributed by atoms with Gasteiger partial charge in [-0.2, -0.15) is 0 Å². The molecule has 0 bridgehead atoms. The monoisotopic (exact) mass is 345 g/mol. The van der Waals surface area contributed by atoms with Crippen molar-refractivity contribution in [2.24, 2.45) is 0 Å². The first-order valence-electron chi connectivity index (χ1n) is 5.30. The van der Waals surface area contributed by atoms with Gasteiger partial charge in [-0.15, -0.1) is 0 Å². The van der Waals surface area contributed by atoms with Gasteiger partial charge in [0.25, 0.3) is 0 Å². The summed E-state index contributed by atoms with van der Waals surface area (Å²) >= 11 is 15.3. The molecule has 0 aliphatic carbocycles. The molecule has 5 heteroatoms. The van der Waals surface area contributed by atoms with E-state index in [9.17, 15) is 5.11 Å². The molecule has 0 aliphatic heterocycles. The number of aliphatic hydroxyl groups excluding tert-OH is 1. The molecule has 1 unspecified atom stereocenters. The molecule has 1 aromatic heterocycles. The van der Waals surface area contributed by atoms with Crippen LogP contribution in [0.2, 0.25) is 10.0 Å². The lowest BCUT2D eigenvalue weighted by Gasteiger charge is -2.13. The van der Waals surface area contributed by atoms with Gasteiger partial charge >= 0.3 is 0 Å². The van der Waals surface area contributed by atoms with Crippen LogP contribution in [0.5, 0.6) is 0 Å². The topological polar surface area (TPSA) is 33.1 Å². The minimum Gasteiger partial charge on any atom is -0.388 e. The third-order valence-corrected chi connectivity index (χ3v) is 3.83. The average molecular weight is 347 g/mol. The Labute approximate surface area is 124 Å². The lowest BCUT2D eigenvalue weighted by atomic mass is 10.0. The third kappa shape index (κ3) is 3.23. The van der Waals surface area contributed by atoms with Crippen molar-refractivity contribution in [3.8, 4) is 0 Å². The number of aromatic nitrogens is 1. The number of pyridine rings is 1. The number of hydrogen-bond acceptors (Lipinski definition) is 2. The van der Waals surface area contributed by atoms with Crippen LogP contribution in [0.15, 0.2) is 41.0 Å². The van der Waals surface area contributed by atoms with E-state index in [4.69, 9.17) is 23.2 Å². The van der Waals surface area contributed by atoms with Crippen LogP contribution in [0.4, 0.5) is 0 Å². The molecule has 2 nitrogen and oxygen atoms in total. The molecule has 94 valence electrons. The maximum Gasteiger partial charge on any atom is 0.0860 e. The standard InChI is InChI=1S/C13H10BrCl2NO/c14-8-4-5-9(17-7-8)6-12(18)10-2-1-3-11(15)13(10)16/h1-5,7,12,18H,6H2. The highest BCUT2D eigenvalue weighted by atomic mass is 79.9. The van der Waals surface area contributed by atoms with E-state index in [1.54, 1.807) is 24.4 Å². The first-order chi connectivity index (χ1) is 8.58. The van der Waals surface area contributed by atoms with E-state index in [1.807, 2.05) is 12.1 Å². The van der Waals surface area contributed by atoms with Crippen molar-refractivity contribution in [3.63, 3.8) is 0 Å². The average Bonchev–Trinajstić information content (AvgIpc) is 2.35. The molecule has 18 heavy (non-hydrogen) atoms. The zero-order chi connectivity index (χ0) is 13.1. The summed E-state index contributed by atoms with van der Waals surface area (Å²) in [6.45, 7) is 0. The second kappa shape index (κ2) is 6.02. The van der Waals surface area contributed by atoms with E-state index in [2.05, 4.69) is 20.9 Å². The summed E-state index contributed by atoms with van der Waals surface area (Å²) in [5.41, 5.74) is 1.41. The van der Waals surface area contributed by atoms with Gasteiger partial charge in [0.1, 0.15) is 0 Å². The molecule has 0 aliphatic rings. The third-order valence-electron chi connectivity index (χ3n) is 2.53. The highest BCUT2D eigenvalue weighted by Gasteiger charge is 2.14. The Balaban J connectivity index is 2.19. The van der Waals surface area contributed by atoms with Gasteiger partial charge in [0.15, 0.2) is 0 Å². The number of halogens is 3. The van der Waals surface area contributed by atoms with Crippen LogP contribution < -0.4 is 0 Å². The summed E-state index contributed by atoms with van der Waals surface area (Å²) in [6.07, 6.45) is 1.37. The molecule has 1 heterocycles. The number of aliphatic hydroxyl groups is 1. The van der Waals surface area contributed by atoms with Crippen molar-refractivity contribution in [3.05, 3.63) is 62.3 Å². The van der Waals surface area contributed by atoms with Gasteiger partial charge in [-0.3, -0.25) is 4.98 Å². The summed E-state index contributed by atoms with van der Waals surface area (Å²) in [5.74, 6) is 0. The van der Waals surface area contributed by atoms with Crippen molar-refractivity contribution >= 4 is 39.1 Å². The van der Waals surface area contributed by atoms with E-state index < -0.39 is 6.10 Å². The van der Waals surface area contributed by atoms with E-state index in [0.717, 1.165) is 10.2 Å². The molecule has 1 atom stereocenters. The quantitative estimate of drug-likeness (QED) is 0.891. The fraction of sp³-hybridized carbons (Fsp3) is 0.154. The van der Waals surface area contributed by atoms with E-state index in [-0.39, 0.29) is 0 Å². The summed E-state index contributed by atoms with van der Waals surface area (Å²) in [6, 6.07) is 8.96. The summed E-state index contributed by atoms with van der Waals surface area (Å²) in [7, 11) is 0. The van der Waals surface area contributed by atoms with E-state index in [0.29, 0.717) is 22.0 Å². The molecule has 0 radical (unpaired) electrons. The second-order valence-electron chi connectivity index (χ2n) is 3.83. The van der Waals surface area contributed by atoms with Crippen molar-refractivity contribution in [2.45, 2.75) is 12.5 Å². The maximum absolute atomic E-state index is 10.2. The predicted molar refractivity (Wildman–Crippen MR) is 77.1 cm³/mol. The van der Waals surface area contributed by atoms with Gasteiger partial charge in [0.05, 0.1) is 16.1 Å². The van der Waals surface area contributed by atoms with Crippen LogP contribution >= 0.6 is 39.1 Å². The first-order valence-corrected chi connectivity index (χ1v) is 6.85. The Kier molecular flexibility index (Phi) is 4.62. The van der Waals surface area contributed by atoms with Gasteiger partial charge in [-0.1, -0.05) is 35.3 Å². The molecule has 0 spiro atoms. The number of benzene rings is 1. The van der Waals surface area contributed by atoms with E-state index in [1.165, 1.54) is 0 Å². The fourth-order valence-electron chi connectivity index (χ4n) is 1.61. The predicted octanol–water partition coefficient (Wildman–Crippen LogP) is 4.43. The Hall–Kier alpha value is -0.610. The van der Waals surface area contributed by atoms with Crippen LogP contribution in [0.1, 0.15) is 17.4 Å². The molecule has 1 aromatic carbocycles. The molecule has 2 rings (SSSR count). The molecular weight excluding hydrogens is 337 g/mol. The van der Waals surface area contributed by atoms with Crippen molar-refractivity contribution < 1.29 is 5.11 Å². The highest BCUT2D eigenvalue weighted by molar-refractivity contribution is 9.10. The summed E-state index contributed by atoms with van der Waals surface area (Å²) in [4.78, 5) is 4.21. The molecule has 1 N–H and O–H groups in total. The molecule has 0 saturated heterocycles. The smallest absolute Gasteiger partial charge is 0.0860 e. The lowest BCUT2D eigenvalue weighted by Crippen LogP contribution is -2.04. The second-order valence-corrected chi connectivity index (χ2v) is 5.53. The molecular formula is C13H10BrCl2NO. The van der Waals surface area contributed by atoms with Crippen molar-refractivity contribution in [1.29, 1.82) is 0 Å². The van der Waals surface area contributed by atoms with Crippen LogP contribution in [0, 0.1) is 0 Å². The first kappa shape index (κ1) is 13.8. The highest BCUT2D eigenvalue weighted by Crippen LogP contribution is 2.31. The maximum atomic E-state index is 10.2. The zero-order valence-corrected chi connectivity index (χ0v) is 12.4. The van der Waals surface area contributed by atoms with Crippen LogP contribution in [-0.4, -0.2) is 10.1 Å². The van der Waals surface area contributed by atoms with Crippen molar-refractivity contribution in [1.82, 2.24) is 4.98 Å². The summed E-state index contributed by atoms with van der Waals surface area (Å²) in [5, 5.41) is 11.0. The summed E-state index contributed by atoms with van der Waals surface area (Å²) < 4.78 is 0.904. The Morgan fingerprint density at radius 3 is 2.67 bits per heavy atom. The van der Waals surface area contributed by atoms with Crippen molar-refractivity contribution in [2.75, 3.05) is 0 Å². The molecule has 2 aromatic rings. The Morgan fingerprint density at radius 2 is 2.00 bits per heavy atom. The lowest BCUT2D eigenvalue weighted by molar-refractivity contribution is 0.177. The number of rotatable bonds is 3. The van der Waals surface area contributed by atoms with Gasteiger partial charge < -0.3 is 5.11 Å². The fourth-order valence-corrected chi connectivity index (χ4v) is 2.28. The largest absolute Gasteiger partial charge is 0.388 e. The Morgan fingerprint density at radius 1 is 1.22 bits per heavy atom. The normalized spacial score (nSPS) is 12.4. The molecule has 0 amide bonds. The molecule has 0 fully saturated rings. The van der Waals surface area contributed by atoms with Gasteiger partial charge in [0.2, 0.25) is 0 Å². The van der Waals surface area contributed by atoms with Gasteiger partial charge in [0, 0.05) is 28.3 Å². The number of nitrogens with zero attached hydrogens (tertiary/aromatic N) is 1. The molecule has 0 saturated carbocycles. The van der Waals surface area contributed by atoms with Gasteiger partial charge in [-0.25, -0.2) is 0 Å². The van der Waals surface area contributed by atoms with Crippen LogP contribution in [0.25, 0.3) is 0 Å². The minimum absolute atomic E-state index is 0.392. The van der Waals surface area contributed by atoms with E-state index >= 15 is 0 Å². The van der Waals surface area contributed by atoms with Crippen LogP contribution in [0.3, 0.4) is 0 Å². The SMILES string of the molecule is OC(Cc1ccc(Br)cn1)c1cccc(Cl)c1Cl. The van der Waals surface area contributed by atoms with Gasteiger partial charge in [-0.05, 0) is 34.1 Å². The zero-order valence-electron chi connectivity index (χ0n) is 9.28. The Bertz CT molecular complexity index is 545. The van der Waals surface area contributed by atoms with Crippen LogP contribution in [-0.2, 0) is 6.42 Å². The number of hydrogen-bond donors (Lipinski definition) is 1.